The summed E-state index contributed by atoms with van der Waals surface area (Å²) in [5.74, 6) is 0.0714. The molecular weight excluding hydrogens is 132 g/mol. The average Bonchev–Trinajstić information content (AvgIpc) is 2.33. The average molecular weight is 140 g/mol. The molecule has 5 heteroatoms. The molecule has 1 amide bonds. The lowest BCUT2D eigenvalue weighted by atomic mass is 10.3. The zero-order valence-corrected chi connectivity index (χ0v) is 5.37. The zero-order chi connectivity index (χ0) is 6.97. The van der Waals surface area contributed by atoms with Gasteiger partial charge in [-0.25, -0.2) is 4.99 Å². The summed E-state index contributed by atoms with van der Waals surface area (Å²) in [6.45, 7) is 0.733. The molecule has 1 saturated heterocycles. The highest BCUT2D eigenvalue weighted by Gasteiger charge is 2.27. The molecule has 1 fully saturated rings. The summed E-state index contributed by atoms with van der Waals surface area (Å²) in [5.41, 5.74) is 2.91. The van der Waals surface area contributed by atoms with Crippen LogP contribution in [0.5, 0.6) is 0 Å². The van der Waals surface area contributed by atoms with Gasteiger partial charge >= 0.3 is 0 Å². The van der Waals surface area contributed by atoms with Crippen molar-refractivity contribution >= 4 is 12.2 Å². The predicted octanol–water partition coefficient (Wildman–Crippen LogP) is -1.36. The van der Waals surface area contributed by atoms with Crippen molar-refractivity contribution in [1.29, 1.82) is 0 Å². The van der Waals surface area contributed by atoms with E-state index in [1.54, 1.807) is 6.34 Å². The first-order chi connectivity index (χ1) is 4.86. The fourth-order valence-corrected chi connectivity index (χ4v) is 1.07. The summed E-state index contributed by atoms with van der Waals surface area (Å²) in [7, 11) is 0. The van der Waals surface area contributed by atoms with Gasteiger partial charge in [-0.2, -0.15) is 5.01 Å². The van der Waals surface area contributed by atoms with Crippen molar-refractivity contribution < 1.29 is 4.79 Å². The molecule has 5 nitrogen and oxygen atoms in total. The largest absolute Gasteiger partial charge is 0.320 e. The van der Waals surface area contributed by atoms with Crippen molar-refractivity contribution in [1.82, 2.24) is 15.8 Å². The summed E-state index contributed by atoms with van der Waals surface area (Å²) >= 11 is 0. The van der Waals surface area contributed by atoms with Crippen molar-refractivity contribution in [2.75, 3.05) is 6.54 Å². The van der Waals surface area contributed by atoms with E-state index in [0.717, 1.165) is 6.54 Å². The van der Waals surface area contributed by atoms with Gasteiger partial charge in [-0.3, -0.25) is 4.79 Å². The fraction of sp³-hybridized carbons (Fsp3) is 0.600. The number of hydrazine groups is 1. The quantitative estimate of drug-likeness (QED) is 0.437. The van der Waals surface area contributed by atoms with Gasteiger partial charge in [0, 0.05) is 13.0 Å². The molecule has 10 heavy (non-hydrogen) atoms. The molecule has 2 aliphatic rings. The Morgan fingerprint density at radius 3 is 3.60 bits per heavy atom. The summed E-state index contributed by atoms with van der Waals surface area (Å²) in [4.78, 5) is 14.7. The minimum Gasteiger partial charge on any atom is -0.320 e. The molecule has 2 N–H and O–H groups in total. The number of carbonyl (C=O) groups excluding carboxylic acids is 1. The molecule has 0 spiro atoms. The van der Waals surface area contributed by atoms with Crippen LogP contribution >= 0.6 is 0 Å². The van der Waals surface area contributed by atoms with Gasteiger partial charge in [0.1, 0.15) is 6.34 Å². The van der Waals surface area contributed by atoms with E-state index in [4.69, 9.17) is 0 Å². The van der Waals surface area contributed by atoms with Crippen LogP contribution in [0, 0.1) is 0 Å². The SMILES string of the molecule is O=C1CCN2NC=NC2N1. The minimum absolute atomic E-state index is 0.0714. The topological polar surface area (TPSA) is 56.7 Å². The van der Waals surface area contributed by atoms with Crippen LogP contribution in [0.4, 0.5) is 0 Å². The van der Waals surface area contributed by atoms with Gasteiger partial charge in [-0.15, -0.1) is 0 Å². The highest BCUT2D eigenvalue weighted by molar-refractivity contribution is 5.77. The Hall–Kier alpha value is -1.10. The molecule has 0 radical (unpaired) electrons. The molecule has 0 aromatic rings. The summed E-state index contributed by atoms with van der Waals surface area (Å²) in [5, 5.41) is 4.58. The van der Waals surface area contributed by atoms with Gasteiger partial charge in [-0.05, 0) is 0 Å². The summed E-state index contributed by atoms with van der Waals surface area (Å²) in [6, 6.07) is 0. The van der Waals surface area contributed by atoms with E-state index in [-0.39, 0.29) is 12.2 Å². The number of amides is 1. The highest BCUT2D eigenvalue weighted by atomic mass is 16.2. The molecule has 0 aromatic heterocycles. The lowest BCUT2D eigenvalue weighted by Gasteiger charge is -2.27. The molecule has 2 rings (SSSR count). The second-order valence-corrected chi connectivity index (χ2v) is 2.29. The Labute approximate surface area is 58.1 Å². The summed E-state index contributed by atoms with van der Waals surface area (Å²) in [6.07, 6.45) is 1.98. The third-order valence-electron chi connectivity index (χ3n) is 1.60. The number of hydrogen-bond donors (Lipinski definition) is 2. The van der Waals surface area contributed by atoms with Gasteiger partial charge in [0.2, 0.25) is 5.91 Å². The van der Waals surface area contributed by atoms with Gasteiger partial charge in [0.15, 0.2) is 6.29 Å². The maximum absolute atomic E-state index is 10.8. The van der Waals surface area contributed by atoms with Crippen LogP contribution in [0.25, 0.3) is 0 Å². The van der Waals surface area contributed by atoms with E-state index in [2.05, 4.69) is 15.7 Å². The van der Waals surface area contributed by atoms with Crippen LogP contribution in [0.15, 0.2) is 4.99 Å². The molecule has 0 saturated carbocycles. The van der Waals surface area contributed by atoms with Crippen molar-refractivity contribution in [3.8, 4) is 0 Å². The molecule has 0 aliphatic carbocycles. The summed E-state index contributed by atoms with van der Waals surface area (Å²) < 4.78 is 0. The number of fused-ring (bicyclic) bond motifs is 1. The van der Waals surface area contributed by atoms with E-state index in [0.29, 0.717) is 6.42 Å². The minimum atomic E-state index is -0.166. The number of carbonyl (C=O) groups is 1. The zero-order valence-electron chi connectivity index (χ0n) is 5.37. The van der Waals surface area contributed by atoms with Gasteiger partial charge in [0.05, 0.1) is 0 Å². The molecule has 1 unspecified atom stereocenters. The van der Waals surface area contributed by atoms with Crippen LogP contribution in [-0.4, -0.2) is 30.1 Å². The third-order valence-corrected chi connectivity index (χ3v) is 1.60. The number of rotatable bonds is 0. The standard InChI is InChI=1S/C5H8N4O/c10-4-1-2-9-5(8-4)6-3-7-9/h3,5H,1-2H2,(H,6,7)(H,8,10). The van der Waals surface area contributed by atoms with Crippen LogP contribution < -0.4 is 10.7 Å². The molecule has 54 valence electrons. The number of aliphatic imine (C=N–C) groups is 1. The maximum Gasteiger partial charge on any atom is 0.224 e. The Morgan fingerprint density at radius 1 is 1.80 bits per heavy atom. The molecular formula is C5H8N4O. The first kappa shape index (κ1) is 5.67. The van der Waals surface area contributed by atoms with Crippen LogP contribution in [0.3, 0.4) is 0 Å². The number of nitrogens with one attached hydrogen (secondary N) is 2. The van der Waals surface area contributed by atoms with Gasteiger partial charge in [-0.1, -0.05) is 0 Å². The Morgan fingerprint density at radius 2 is 2.70 bits per heavy atom. The van der Waals surface area contributed by atoms with Gasteiger partial charge < -0.3 is 10.7 Å². The van der Waals surface area contributed by atoms with Crippen molar-refractivity contribution in [2.24, 2.45) is 4.99 Å². The highest BCUT2D eigenvalue weighted by Crippen LogP contribution is 2.05. The van der Waals surface area contributed by atoms with E-state index >= 15 is 0 Å². The monoisotopic (exact) mass is 140 g/mol. The van der Waals surface area contributed by atoms with Crippen molar-refractivity contribution in [3.05, 3.63) is 0 Å². The molecule has 2 heterocycles. The maximum atomic E-state index is 10.8. The molecule has 0 bridgehead atoms. The molecule has 0 aromatic carbocycles. The Kier molecular flexibility index (Phi) is 1.10. The molecule has 1 atom stereocenters. The second-order valence-electron chi connectivity index (χ2n) is 2.29. The molecule has 2 aliphatic heterocycles. The van der Waals surface area contributed by atoms with Crippen LogP contribution in [-0.2, 0) is 4.79 Å². The third kappa shape index (κ3) is 0.750. The first-order valence-electron chi connectivity index (χ1n) is 3.20. The lowest BCUT2D eigenvalue weighted by Crippen LogP contribution is -2.54. The first-order valence-corrected chi connectivity index (χ1v) is 3.20. The van der Waals surface area contributed by atoms with Gasteiger partial charge in [0.25, 0.3) is 0 Å². The van der Waals surface area contributed by atoms with Crippen molar-refractivity contribution in [2.45, 2.75) is 12.7 Å². The van der Waals surface area contributed by atoms with Crippen molar-refractivity contribution in [3.63, 3.8) is 0 Å². The number of hydrogen-bond acceptors (Lipinski definition) is 4. The fourth-order valence-electron chi connectivity index (χ4n) is 1.07. The smallest absolute Gasteiger partial charge is 0.224 e. The normalized spacial score (nSPS) is 31.2. The lowest BCUT2D eigenvalue weighted by molar-refractivity contribution is -0.126. The van der Waals surface area contributed by atoms with E-state index in [1.165, 1.54) is 0 Å². The van der Waals surface area contributed by atoms with E-state index < -0.39 is 0 Å². The number of nitrogens with zero attached hydrogens (tertiary/aromatic N) is 2. The Bertz CT molecular complexity index is 190. The predicted molar refractivity (Wildman–Crippen MR) is 34.9 cm³/mol. The van der Waals surface area contributed by atoms with Crippen LogP contribution in [0.1, 0.15) is 6.42 Å². The van der Waals surface area contributed by atoms with Crippen LogP contribution in [0.2, 0.25) is 0 Å². The second kappa shape index (κ2) is 1.95. The van der Waals surface area contributed by atoms with E-state index in [1.807, 2.05) is 5.01 Å². The Balaban J connectivity index is 2.08. The van der Waals surface area contributed by atoms with E-state index in [9.17, 15) is 4.79 Å².